The molecule has 1 fully saturated rings. The number of aryl methyl sites for hydroxylation is 1. The molecule has 0 bridgehead atoms. The van der Waals surface area contributed by atoms with Gasteiger partial charge < -0.3 is 10.2 Å². The van der Waals surface area contributed by atoms with E-state index >= 15 is 0 Å². The maximum atomic E-state index is 12.4. The molecule has 1 N–H and O–H groups in total. The summed E-state index contributed by atoms with van der Waals surface area (Å²) in [6.07, 6.45) is 0.887. The van der Waals surface area contributed by atoms with Crippen LogP contribution in [0.25, 0.3) is 0 Å². The fourth-order valence-corrected chi connectivity index (χ4v) is 4.07. The van der Waals surface area contributed by atoms with Crippen molar-refractivity contribution in [3.05, 3.63) is 60.2 Å². The van der Waals surface area contributed by atoms with Crippen LogP contribution < -0.4 is 5.32 Å². The van der Waals surface area contributed by atoms with Crippen molar-refractivity contribution in [1.29, 1.82) is 0 Å². The van der Waals surface area contributed by atoms with E-state index < -0.39 is 0 Å². The number of nitrogens with zero attached hydrogens (tertiary/aromatic N) is 2. The zero-order chi connectivity index (χ0) is 19.8. The van der Waals surface area contributed by atoms with Crippen LogP contribution in [0.5, 0.6) is 0 Å². The Labute approximate surface area is 171 Å². The Kier molecular flexibility index (Phi) is 7.51. The number of benzene rings is 2. The van der Waals surface area contributed by atoms with E-state index in [2.05, 4.69) is 17.1 Å². The molecule has 6 heteroatoms. The topological polar surface area (TPSA) is 52.7 Å². The van der Waals surface area contributed by atoms with E-state index in [9.17, 15) is 9.59 Å². The van der Waals surface area contributed by atoms with Gasteiger partial charge in [-0.15, -0.1) is 11.8 Å². The molecular weight excluding hydrogens is 370 g/mol. The highest BCUT2D eigenvalue weighted by molar-refractivity contribution is 8.00. The van der Waals surface area contributed by atoms with Crippen molar-refractivity contribution in [2.45, 2.75) is 18.2 Å². The molecule has 1 saturated heterocycles. The molecule has 2 aromatic carbocycles. The van der Waals surface area contributed by atoms with E-state index in [4.69, 9.17) is 0 Å². The van der Waals surface area contributed by atoms with Crippen molar-refractivity contribution in [2.24, 2.45) is 0 Å². The summed E-state index contributed by atoms with van der Waals surface area (Å²) < 4.78 is 0. The SMILES string of the molecule is CCc1ccccc1NC(=O)CN1CCN(C(=O)CSc2ccccc2)CC1. The monoisotopic (exact) mass is 397 g/mol. The van der Waals surface area contributed by atoms with Crippen LogP contribution >= 0.6 is 11.8 Å². The molecule has 0 aromatic heterocycles. The van der Waals surface area contributed by atoms with Gasteiger partial charge in [0.25, 0.3) is 0 Å². The number of hydrogen-bond donors (Lipinski definition) is 1. The number of nitrogens with one attached hydrogen (secondary N) is 1. The van der Waals surface area contributed by atoms with Crippen LogP contribution in [0, 0.1) is 0 Å². The van der Waals surface area contributed by atoms with Gasteiger partial charge in [0.05, 0.1) is 12.3 Å². The molecule has 0 unspecified atom stereocenters. The van der Waals surface area contributed by atoms with Gasteiger partial charge in [0.1, 0.15) is 0 Å². The first kappa shape index (κ1) is 20.4. The molecule has 28 heavy (non-hydrogen) atoms. The standard InChI is InChI=1S/C22H27N3O2S/c1-2-18-8-6-7-11-20(18)23-21(26)16-24-12-14-25(15-13-24)22(27)17-28-19-9-4-3-5-10-19/h3-11H,2,12-17H2,1H3,(H,23,26). The Bertz CT molecular complexity index is 789. The van der Waals surface area contributed by atoms with Crippen LogP contribution in [0.1, 0.15) is 12.5 Å². The second-order valence-electron chi connectivity index (χ2n) is 6.82. The Morgan fingerprint density at radius 3 is 2.36 bits per heavy atom. The lowest BCUT2D eigenvalue weighted by atomic mass is 10.1. The fraction of sp³-hybridized carbons (Fsp3) is 0.364. The van der Waals surface area contributed by atoms with Crippen molar-refractivity contribution in [3.63, 3.8) is 0 Å². The molecule has 0 aliphatic carbocycles. The third kappa shape index (κ3) is 5.84. The van der Waals surface area contributed by atoms with E-state index in [0.717, 1.165) is 35.7 Å². The van der Waals surface area contributed by atoms with Gasteiger partial charge in [-0.25, -0.2) is 0 Å². The Morgan fingerprint density at radius 2 is 1.64 bits per heavy atom. The Hall–Kier alpha value is -2.31. The van der Waals surface area contributed by atoms with E-state index in [0.29, 0.717) is 25.4 Å². The van der Waals surface area contributed by atoms with Gasteiger partial charge in [-0.05, 0) is 30.2 Å². The summed E-state index contributed by atoms with van der Waals surface area (Å²) >= 11 is 1.57. The number of carbonyl (C=O) groups excluding carboxylic acids is 2. The second kappa shape index (κ2) is 10.3. The molecule has 1 aliphatic rings. The average molecular weight is 398 g/mol. The lowest BCUT2D eigenvalue weighted by Crippen LogP contribution is -2.50. The van der Waals surface area contributed by atoms with Gasteiger partial charge in [-0.2, -0.15) is 0 Å². The van der Waals surface area contributed by atoms with Crippen LogP contribution in [0.3, 0.4) is 0 Å². The van der Waals surface area contributed by atoms with Gasteiger partial charge in [0.2, 0.25) is 11.8 Å². The van der Waals surface area contributed by atoms with E-state index in [-0.39, 0.29) is 11.8 Å². The summed E-state index contributed by atoms with van der Waals surface area (Å²) in [5, 5.41) is 3.02. The normalized spacial score (nSPS) is 14.7. The summed E-state index contributed by atoms with van der Waals surface area (Å²) in [4.78, 5) is 29.9. The number of para-hydroxylation sites is 1. The highest BCUT2D eigenvalue weighted by Crippen LogP contribution is 2.18. The number of piperazine rings is 1. The lowest BCUT2D eigenvalue weighted by molar-refractivity contribution is -0.130. The predicted octanol–water partition coefficient (Wildman–Crippen LogP) is 3.12. The summed E-state index contributed by atoms with van der Waals surface area (Å²) in [6, 6.07) is 17.9. The zero-order valence-electron chi connectivity index (χ0n) is 16.3. The third-order valence-electron chi connectivity index (χ3n) is 4.87. The maximum Gasteiger partial charge on any atom is 0.238 e. The molecule has 0 atom stereocenters. The molecule has 3 rings (SSSR count). The molecule has 5 nitrogen and oxygen atoms in total. The highest BCUT2D eigenvalue weighted by atomic mass is 32.2. The minimum atomic E-state index is 0.000287. The van der Waals surface area contributed by atoms with E-state index in [1.54, 1.807) is 11.8 Å². The zero-order valence-corrected chi connectivity index (χ0v) is 17.1. The van der Waals surface area contributed by atoms with Gasteiger partial charge >= 0.3 is 0 Å². The molecule has 1 heterocycles. The van der Waals surface area contributed by atoms with Crippen molar-refractivity contribution < 1.29 is 9.59 Å². The summed E-state index contributed by atoms with van der Waals surface area (Å²) in [6.45, 7) is 5.24. The van der Waals surface area contributed by atoms with Gasteiger partial charge in [0.15, 0.2) is 0 Å². The molecule has 0 radical (unpaired) electrons. The summed E-state index contributed by atoms with van der Waals surface area (Å²) in [5.74, 6) is 0.619. The highest BCUT2D eigenvalue weighted by Gasteiger charge is 2.22. The van der Waals surface area contributed by atoms with Gasteiger partial charge in [-0.3, -0.25) is 14.5 Å². The van der Waals surface area contributed by atoms with Crippen LogP contribution in [-0.4, -0.2) is 60.1 Å². The van der Waals surface area contributed by atoms with Gasteiger partial charge in [-0.1, -0.05) is 43.3 Å². The number of rotatable bonds is 7. The minimum Gasteiger partial charge on any atom is -0.339 e. The first-order valence-electron chi connectivity index (χ1n) is 9.71. The number of thioether (sulfide) groups is 1. The second-order valence-corrected chi connectivity index (χ2v) is 7.87. The molecule has 0 saturated carbocycles. The van der Waals surface area contributed by atoms with Crippen molar-refractivity contribution in [2.75, 3.05) is 43.8 Å². The van der Waals surface area contributed by atoms with E-state index in [1.807, 2.05) is 59.5 Å². The molecule has 2 aromatic rings. The van der Waals surface area contributed by atoms with Crippen LogP contribution in [0.15, 0.2) is 59.5 Å². The number of carbonyl (C=O) groups is 2. The molecule has 148 valence electrons. The smallest absolute Gasteiger partial charge is 0.238 e. The largest absolute Gasteiger partial charge is 0.339 e. The Morgan fingerprint density at radius 1 is 0.964 bits per heavy atom. The summed E-state index contributed by atoms with van der Waals surface area (Å²) in [7, 11) is 0. The Balaban J connectivity index is 1.41. The molecular formula is C22H27N3O2S. The number of anilines is 1. The average Bonchev–Trinajstić information content (AvgIpc) is 2.73. The molecule has 1 aliphatic heterocycles. The fourth-order valence-electron chi connectivity index (χ4n) is 3.25. The van der Waals surface area contributed by atoms with Crippen LogP contribution in [-0.2, 0) is 16.0 Å². The first-order valence-corrected chi connectivity index (χ1v) is 10.7. The minimum absolute atomic E-state index is 0.000287. The predicted molar refractivity (Wildman–Crippen MR) is 115 cm³/mol. The van der Waals surface area contributed by atoms with Gasteiger partial charge in [0, 0.05) is 36.8 Å². The van der Waals surface area contributed by atoms with Crippen molar-refractivity contribution in [1.82, 2.24) is 9.80 Å². The molecule has 2 amide bonds. The van der Waals surface area contributed by atoms with Crippen LogP contribution in [0.2, 0.25) is 0 Å². The number of hydrogen-bond acceptors (Lipinski definition) is 4. The summed E-state index contributed by atoms with van der Waals surface area (Å²) in [5.41, 5.74) is 2.03. The lowest BCUT2D eigenvalue weighted by Gasteiger charge is -2.34. The first-order chi connectivity index (χ1) is 13.7. The third-order valence-corrected chi connectivity index (χ3v) is 5.87. The number of amides is 2. The van der Waals surface area contributed by atoms with Crippen LogP contribution in [0.4, 0.5) is 5.69 Å². The molecule has 0 spiro atoms. The maximum absolute atomic E-state index is 12.4. The van der Waals surface area contributed by atoms with Crippen molar-refractivity contribution in [3.8, 4) is 0 Å². The van der Waals surface area contributed by atoms with Crippen molar-refractivity contribution >= 4 is 29.3 Å². The quantitative estimate of drug-likeness (QED) is 0.730. The van der Waals surface area contributed by atoms with E-state index in [1.165, 1.54) is 0 Å².